The highest BCUT2D eigenvalue weighted by atomic mass is 19.2. The molecular weight excluding hydrogens is 451 g/mol. The Hall–Kier alpha value is -2.06. The van der Waals surface area contributed by atoms with E-state index in [0.29, 0.717) is 29.6 Å². The van der Waals surface area contributed by atoms with Crippen molar-refractivity contribution in [3.05, 3.63) is 41.7 Å². The van der Waals surface area contributed by atoms with Gasteiger partial charge in [-0.1, -0.05) is 5.34 Å². The van der Waals surface area contributed by atoms with E-state index in [-0.39, 0.29) is 22.7 Å². The van der Waals surface area contributed by atoms with Crippen LogP contribution in [-0.4, -0.2) is 68.5 Å². The molecule has 35 heavy (non-hydrogen) atoms. The topological polar surface area (TPSA) is 50.3 Å². The molecule has 1 aromatic carbocycles. The molecule has 2 aliphatic carbocycles. The van der Waals surface area contributed by atoms with Gasteiger partial charge < -0.3 is 15.0 Å². The minimum atomic E-state index is -1.25. The van der Waals surface area contributed by atoms with Crippen LogP contribution in [0.25, 0.3) is 11.3 Å². The number of nitrogens with zero attached hydrogens (tertiary/aromatic N) is 3. The Morgan fingerprint density at radius 3 is 2.40 bits per heavy atom. The van der Waals surface area contributed by atoms with Crippen molar-refractivity contribution in [3.8, 4) is 11.3 Å². The molecule has 0 bridgehead atoms. The number of fused-ring (bicyclic) bond motifs is 1. The van der Waals surface area contributed by atoms with Crippen LogP contribution in [0, 0.1) is 40.6 Å². The number of ether oxygens (including phenoxy) is 1. The molecule has 0 amide bonds. The lowest BCUT2D eigenvalue weighted by Gasteiger charge is -2.41. The Labute approximate surface area is 206 Å². The summed E-state index contributed by atoms with van der Waals surface area (Å²) in [7, 11) is 13.5. The van der Waals surface area contributed by atoms with Gasteiger partial charge in [-0.15, -0.1) is 10.2 Å². The van der Waals surface area contributed by atoms with E-state index in [1.165, 1.54) is 6.07 Å². The Morgan fingerprint density at radius 2 is 1.74 bits per heavy atom. The predicted molar refractivity (Wildman–Crippen MR) is 127 cm³/mol. The summed E-state index contributed by atoms with van der Waals surface area (Å²) < 4.78 is 46.6. The summed E-state index contributed by atoms with van der Waals surface area (Å²) in [4.78, 5) is 2.30. The highest BCUT2D eigenvalue weighted by Crippen LogP contribution is 2.63. The molecule has 2 aliphatic heterocycles. The van der Waals surface area contributed by atoms with Gasteiger partial charge in [0.15, 0.2) is 11.6 Å². The zero-order valence-electron chi connectivity index (χ0n) is 19.5. The standard InChI is InChI=1S/C25H27B2F3N4O/c26-25(27,21-11-24(21)3-5-35-6-4-24)34-12-14-7-17(8-15(14)13-34)31-22-2-1-20(32-33-22)18-9-16(28)10-19(29)23(18)30/h1-2,9-10,14-15,17,21H,3-8,11-13H2,(H,31,33)/t14-,15+,17?,21?. The molecule has 2 saturated carbocycles. The lowest BCUT2D eigenvalue weighted by molar-refractivity contribution is 0.0458. The van der Waals surface area contributed by atoms with Crippen molar-refractivity contribution in [1.82, 2.24) is 15.1 Å². The Bertz CT molecular complexity index is 1100. The maximum absolute atomic E-state index is 14.0. The number of likely N-dealkylation sites (tertiary alicyclic amines) is 1. The van der Waals surface area contributed by atoms with Crippen LogP contribution in [0.2, 0.25) is 0 Å². The van der Waals surface area contributed by atoms with E-state index in [1.54, 1.807) is 6.07 Å². The average molecular weight is 478 g/mol. The summed E-state index contributed by atoms with van der Waals surface area (Å²) >= 11 is 0. The number of benzene rings is 1. The fourth-order valence-electron chi connectivity index (χ4n) is 6.79. The maximum atomic E-state index is 14.0. The number of aromatic nitrogens is 2. The van der Waals surface area contributed by atoms with Crippen molar-refractivity contribution in [1.29, 1.82) is 0 Å². The van der Waals surface area contributed by atoms with Gasteiger partial charge in [-0.3, -0.25) is 0 Å². The number of nitrogens with one attached hydrogen (secondary N) is 1. The summed E-state index contributed by atoms with van der Waals surface area (Å²) in [6.45, 7) is 3.41. The summed E-state index contributed by atoms with van der Waals surface area (Å²) in [6, 6.07) is 4.84. The van der Waals surface area contributed by atoms with Crippen LogP contribution in [0.15, 0.2) is 24.3 Å². The van der Waals surface area contributed by atoms with Gasteiger partial charge >= 0.3 is 0 Å². The minimum absolute atomic E-state index is 0.0787. The van der Waals surface area contributed by atoms with Gasteiger partial charge in [0, 0.05) is 44.0 Å². The third-order valence-electron chi connectivity index (χ3n) is 8.82. The first-order valence-corrected chi connectivity index (χ1v) is 12.4. The van der Waals surface area contributed by atoms with Crippen molar-refractivity contribution >= 4 is 21.5 Å². The fraction of sp³-hybridized carbons (Fsp3) is 0.600. The number of hydrogen-bond donors (Lipinski definition) is 1. The molecule has 3 heterocycles. The molecular formula is C25H27B2F3N4O. The number of hydrogen-bond acceptors (Lipinski definition) is 5. The van der Waals surface area contributed by atoms with E-state index in [2.05, 4.69) is 20.4 Å². The molecule has 4 atom stereocenters. The summed E-state index contributed by atoms with van der Waals surface area (Å²) in [5.41, 5.74) is 0.103. The summed E-state index contributed by atoms with van der Waals surface area (Å²) in [5.74, 6) is -1.34. The van der Waals surface area contributed by atoms with Gasteiger partial charge in [0.05, 0.1) is 21.4 Å². The summed E-state index contributed by atoms with van der Waals surface area (Å²) in [5, 5.41) is 10.7. The first kappa shape index (κ1) is 23.3. The third kappa shape index (κ3) is 4.16. The summed E-state index contributed by atoms with van der Waals surface area (Å²) in [6.07, 6.45) is 5.17. The SMILES string of the molecule is [B]C([B])(C1CC12CCOCC2)N1C[C@H]2CC(Nc3ccc(-c4cc(F)cc(F)c4F)nn3)C[C@H]2C1. The molecule has 1 N–H and O–H groups in total. The van der Waals surface area contributed by atoms with E-state index in [9.17, 15) is 13.2 Å². The molecule has 2 aromatic rings. The maximum Gasteiger partial charge on any atom is 0.168 e. The molecule has 180 valence electrons. The Balaban J connectivity index is 1.06. The smallest absolute Gasteiger partial charge is 0.168 e. The second kappa shape index (κ2) is 8.51. The normalized spacial score (nSPS) is 29.9. The molecule has 4 radical (unpaired) electrons. The monoisotopic (exact) mass is 478 g/mol. The van der Waals surface area contributed by atoms with Crippen molar-refractivity contribution in [3.63, 3.8) is 0 Å². The van der Waals surface area contributed by atoms with Crippen molar-refractivity contribution in [2.75, 3.05) is 31.6 Å². The molecule has 6 rings (SSSR count). The van der Waals surface area contributed by atoms with Crippen LogP contribution in [0.4, 0.5) is 19.0 Å². The largest absolute Gasteiger partial charge is 0.381 e. The molecule has 1 spiro atoms. The molecule has 2 saturated heterocycles. The molecule has 10 heteroatoms. The van der Waals surface area contributed by atoms with Gasteiger partial charge in [0.25, 0.3) is 0 Å². The molecule has 4 fully saturated rings. The van der Waals surface area contributed by atoms with E-state index < -0.39 is 22.8 Å². The third-order valence-corrected chi connectivity index (χ3v) is 8.82. The Morgan fingerprint density at radius 1 is 1.03 bits per heavy atom. The van der Waals surface area contributed by atoms with Crippen molar-refractivity contribution < 1.29 is 17.9 Å². The van der Waals surface area contributed by atoms with Crippen LogP contribution in [0.1, 0.15) is 32.1 Å². The van der Waals surface area contributed by atoms with Crippen LogP contribution in [0.5, 0.6) is 0 Å². The second-order valence-corrected chi connectivity index (χ2v) is 10.9. The highest BCUT2D eigenvalue weighted by Gasteiger charge is 2.61. The van der Waals surface area contributed by atoms with Crippen molar-refractivity contribution in [2.45, 2.75) is 43.5 Å². The highest BCUT2D eigenvalue weighted by molar-refractivity contribution is 6.40. The van der Waals surface area contributed by atoms with Gasteiger partial charge in [0.2, 0.25) is 0 Å². The quantitative estimate of drug-likeness (QED) is 0.527. The van der Waals surface area contributed by atoms with Gasteiger partial charge in [-0.2, -0.15) is 0 Å². The van der Waals surface area contributed by atoms with Crippen LogP contribution in [-0.2, 0) is 4.74 Å². The first-order valence-electron chi connectivity index (χ1n) is 12.4. The van der Waals surface area contributed by atoms with Gasteiger partial charge in [-0.05, 0) is 73.5 Å². The fourth-order valence-corrected chi connectivity index (χ4v) is 6.79. The molecule has 1 aromatic heterocycles. The average Bonchev–Trinajstić information content (AvgIpc) is 3.17. The lowest BCUT2D eigenvalue weighted by atomic mass is 9.55. The minimum Gasteiger partial charge on any atom is -0.381 e. The van der Waals surface area contributed by atoms with Crippen LogP contribution in [0.3, 0.4) is 0 Å². The van der Waals surface area contributed by atoms with E-state index in [4.69, 9.17) is 20.4 Å². The first-order chi connectivity index (χ1) is 16.7. The second-order valence-electron chi connectivity index (χ2n) is 10.9. The zero-order valence-corrected chi connectivity index (χ0v) is 19.5. The van der Waals surface area contributed by atoms with E-state index in [0.717, 1.165) is 64.5 Å². The van der Waals surface area contributed by atoms with Gasteiger partial charge in [0.1, 0.15) is 11.6 Å². The predicted octanol–water partition coefficient (Wildman–Crippen LogP) is 3.49. The van der Waals surface area contributed by atoms with Crippen LogP contribution < -0.4 is 5.32 Å². The lowest BCUT2D eigenvalue weighted by Crippen LogP contribution is -2.53. The van der Waals surface area contributed by atoms with Gasteiger partial charge in [-0.25, -0.2) is 13.2 Å². The number of anilines is 1. The number of halogens is 3. The molecule has 4 aliphatic rings. The van der Waals surface area contributed by atoms with E-state index in [1.807, 2.05) is 0 Å². The Kier molecular flexibility index (Phi) is 5.68. The van der Waals surface area contributed by atoms with E-state index >= 15 is 0 Å². The zero-order chi connectivity index (χ0) is 24.4. The molecule has 2 unspecified atom stereocenters. The molecule has 5 nitrogen and oxygen atoms in total. The number of rotatable bonds is 5. The van der Waals surface area contributed by atoms with Crippen molar-refractivity contribution in [2.24, 2.45) is 23.2 Å². The van der Waals surface area contributed by atoms with Crippen LogP contribution >= 0.6 is 0 Å².